The number of hydrogen-bond donors (Lipinski definition) is 3. The molecule has 0 bridgehead atoms. The molecule has 0 aliphatic carbocycles. The van der Waals surface area contributed by atoms with Gasteiger partial charge in [0, 0.05) is 5.97 Å². The average Bonchev–Trinajstić information content (AvgIpc) is 2.53. The third-order valence-electron chi connectivity index (χ3n) is 3.27. The largest absolute Gasteiger partial charge is 0.550 e. The van der Waals surface area contributed by atoms with E-state index >= 15 is 0 Å². The summed E-state index contributed by atoms with van der Waals surface area (Å²) in [5.74, 6) is -4.83. The number of phenolic OH excluding ortho intramolecular Hbond substituents is 1. The Bertz CT molecular complexity index is 709. The molecule has 10 nitrogen and oxygen atoms in total. The van der Waals surface area contributed by atoms with Crippen LogP contribution in [-0.4, -0.2) is 41.1 Å². The van der Waals surface area contributed by atoms with E-state index < -0.39 is 48.9 Å². The Morgan fingerprint density at radius 1 is 1.04 bits per heavy atom. The molecule has 11 heteroatoms. The van der Waals surface area contributed by atoms with Gasteiger partial charge in [-0.1, -0.05) is 6.07 Å². The van der Waals surface area contributed by atoms with Crippen LogP contribution in [0, 0.1) is 3.57 Å². The smallest absolute Gasteiger partial charge is 0.315 e. The molecule has 1 aromatic carbocycles. The summed E-state index contributed by atoms with van der Waals surface area (Å²) in [7, 11) is 0. The van der Waals surface area contributed by atoms with Gasteiger partial charge < -0.3 is 45.4 Å². The highest BCUT2D eigenvalue weighted by molar-refractivity contribution is 14.1. The van der Waals surface area contributed by atoms with Crippen molar-refractivity contribution < 1.29 is 39.6 Å². The summed E-state index contributed by atoms with van der Waals surface area (Å²) in [6.07, 6.45) is -1.29. The van der Waals surface area contributed by atoms with Crippen LogP contribution in [0.5, 0.6) is 5.75 Å². The molecular weight excluding hydrogens is 463 g/mol. The molecule has 0 radical (unpaired) electrons. The average molecular weight is 477 g/mol. The second-order valence-electron chi connectivity index (χ2n) is 5.26. The molecule has 1 rings (SSSR count). The molecule has 0 heterocycles. The second-order valence-corrected chi connectivity index (χ2v) is 6.42. The Balaban J connectivity index is 2.74. The number of aliphatic carboxylic acids is 3. The molecule has 26 heavy (non-hydrogen) atoms. The number of carboxylic acids is 3. The Morgan fingerprint density at radius 3 is 2.12 bits per heavy atom. The highest BCUT2D eigenvalue weighted by Gasteiger charge is 2.18. The van der Waals surface area contributed by atoms with E-state index in [1.807, 2.05) is 33.2 Å². The van der Waals surface area contributed by atoms with Crippen molar-refractivity contribution in [2.45, 2.75) is 31.3 Å². The van der Waals surface area contributed by atoms with Crippen LogP contribution in [0.3, 0.4) is 0 Å². The molecule has 0 fully saturated rings. The zero-order chi connectivity index (χ0) is 19.9. The van der Waals surface area contributed by atoms with Gasteiger partial charge in [0.15, 0.2) is 0 Å². The molecule has 0 spiro atoms. The second kappa shape index (κ2) is 9.79. The zero-order valence-corrected chi connectivity index (χ0v) is 15.3. The van der Waals surface area contributed by atoms with Crippen LogP contribution in [0.4, 0.5) is 4.79 Å². The maximum Gasteiger partial charge on any atom is 0.315 e. The summed E-state index contributed by atoms with van der Waals surface area (Å²) in [6, 6.07) is 0.0610. The first-order chi connectivity index (χ1) is 12.1. The van der Waals surface area contributed by atoms with E-state index in [1.54, 1.807) is 0 Å². The van der Waals surface area contributed by atoms with Gasteiger partial charge >= 0.3 is 6.03 Å². The number of rotatable bonds is 9. The number of carbonyl (C=O) groups is 4. The van der Waals surface area contributed by atoms with Gasteiger partial charge in [-0.25, -0.2) is 4.79 Å². The third kappa shape index (κ3) is 7.13. The normalized spacial score (nSPS) is 12.7. The van der Waals surface area contributed by atoms with E-state index in [0.717, 1.165) is 0 Å². The number of aromatic hydroxyl groups is 1. The van der Waals surface area contributed by atoms with Gasteiger partial charge in [-0.3, -0.25) is 0 Å². The lowest BCUT2D eigenvalue weighted by Gasteiger charge is -2.24. The Labute approximate surface area is 161 Å². The first kappa shape index (κ1) is 21.5. The summed E-state index contributed by atoms with van der Waals surface area (Å²) >= 11 is 1.84. The Hall–Kier alpha value is -2.57. The molecule has 142 valence electrons. The summed E-state index contributed by atoms with van der Waals surface area (Å²) in [5.41, 5.74) is 0.482. The van der Waals surface area contributed by atoms with Gasteiger partial charge in [-0.2, -0.15) is 0 Å². The number of hydrogen-bond acceptors (Lipinski definition) is 8. The van der Waals surface area contributed by atoms with Crippen LogP contribution in [0.25, 0.3) is 0 Å². The fraction of sp³-hybridized carbons (Fsp3) is 0.333. The van der Waals surface area contributed by atoms with Gasteiger partial charge in [0.05, 0.1) is 27.6 Å². The zero-order valence-electron chi connectivity index (χ0n) is 13.2. The molecule has 2 atom stereocenters. The molecule has 0 aliphatic heterocycles. The number of carboxylic acid groups (broad SMARTS) is 3. The van der Waals surface area contributed by atoms with Crippen LogP contribution in [0.2, 0.25) is 0 Å². The summed E-state index contributed by atoms with van der Waals surface area (Å²) in [4.78, 5) is 44.3. The van der Waals surface area contributed by atoms with Crippen molar-refractivity contribution >= 4 is 46.5 Å². The van der Waals surface area contributed by atoms with Crippen LogP contribution < -0.4 is 26.0 Å². The van der Waals surface area contributed by atoms with Gasteiger partial charge in [-0.15, -0.1) is 0 Å². The minimum Gasteiger partial charge on any atom is -0.550 e. The van der Waals surface area contributed by atoms with Gasteiger partial charge in [-0.05, 0) is 59.5 Å². The molecule has 2 amide bonds. The van der Waals surface area contributed by atoms with E-state index in [-0.39, 0.29) is 12.2 Å². The first-order valence-corrected chi connectivity index (χ1v) is 8.34. The van der Waals surface area contributed by atoms with Crippen LogP contribution in [0.1, 0.15) is 18.4 Å². The molecule has 0 aromatic heterocycles. The summed E-state index contributed by atoms with van der Waals surface area (Å²) < 4.78 is 0.473. The first-order valence-electron chi connectivity index (χ1n) is 7.26. The summed E-state index contributed by atoms with van der Waals surface area (Å²) in [5, 5.41) is 45.9. The lowest BCUT2D eigenvalue weighted by atomic mass is 10.1. The number of urea groups is 1. The van der Waals surface area contributed by atoms with Crippen molar-refractivity contribution in [2.24, 2.45) is 0 Å². The topological polar surface area (TPSA) is 182 Å². The molecular formula is C15H14IN2O8-3. The van der Waals surface area contributed by atoms with Gasteiger partial charge in [0.2, 0.25) is 0 Å². The Morgan fingerprint density at radius 2 is 1.62 bits per heavy atom. The highest BCUT2D eigenvalue weighted by atomic mass is 127. The van der Waals surface area contributed by atoms with Crippen LogP contribution >= 0.6 is 22.6 Å². The van der Waals surface area contributed by atoms with Crippen molar-refractivity contribution in [1.29, 1.82) is 0 Å². The fourth-order valence-electron chi connectivity index (χ4n) is 1.98. The lowest BCUT2D eigenvalue weighted by molar-refractivity contribution is -0.310. The van der Waals surface area contributed by atoms with Crippen molar-refractivity contribution in [1.82, 2.24) is 10.6 Å². The van der Waals surface area contributed by atoms with E-state index in [9.17, 15) is 39.6 Å². The van der Waals surface area contributed by atoms with E-state index in [1.165, 1.54) is 18.2 Å². The predicted octanol–water partition coefficient (Wildman–Crippen LogP) is -3.39. The van der Waals surface area contributed by atoms with Crippen molar-refractivity contribution in [3.63, 3.8) is 0 Å². The van der Waals surface area contributed by atoms with Crippen molar-refractivity contribution in [3.05, 3.63) is 27.3 Å². The number of amides is 2. The lowest BCUT2D eigenvalue weighted by Crippen LogP contribution is -2.56. The van der Waals surface area contributed by atoms with Crippen LogP contribution in [-0.2, 0) is 20.8 Å². The SMILES string of the molecule is O=C([O-])CC[C@H](NC(=O)N[C@@H](Cc1ccc(O)c(I)c1)C(=O)[O-])C(=O)[O-]. The van der Waals surface area contributed by atoms with Gasteiger partial charge in [0.1, 0.15) is 5.75 Å². The van der Waals surface area contributed by atoms with Gasteiger partial charge in [0.25, 0.3) is 0 Å². The molecule has 0 saturated carbocycles. The van der Waals surface area contributed by atoms with E-state index in [2.05, 4.69) is 0 Å². The number of phenols is 1. The quantitative estimate of drug-likeness (QED) is 0.308. The predicted molar refractivity (Wildman–Crippen MR) is 88.0 cm³/mol. The maximum absolute atomic E-state index is 11.8. The minimum absolute atomic E-state index is 0.00905. The fourth-order valence-corrected chi connectivity index (χ4v) is 2.56. The summed E-state index contributed by atoms with van der Waals surface area (Å²) in [6.45, 7) is 0. The molecule has 3 N–H and O–H groups in total. The van der Waals surface area contributed by atoms with E-state index in [4.69, 9.17) is 0 Å². The minimum atomic E-state index is -1.72. The monoisotopic (exact) mass is 477 g/mol. The highest BCUT2D eigenvalue weighted by Crippen LogP contribution is 2.20. The maximum atomic E-state index is 11.8. The van der Waals surface area contributed by atoms with Crippen molar-refractivity contribution in [2.75, 3.05) is 0 Å². The molecule has 1 aromatic rings. The Kier molecular flexibility index (Phi) is 8.09. The standard InChI is InChI=1S/C15H17IN2O8/c16-8-5-7(1-3-11(8)19)6-10(14(24)25)18-15(26)17-9(13(22)23)2-4-12(20)21/h1,3,5,9-10,19H,2,4,6H2,(H,20,21)(H,22,23)(H,24,25)(H2,17,18,26)/p-3/t9-,10-/m0/s1. The number of nitrogens with one attached hydrogen (secondary N) is 2. The number of halogens is 1. The number of benzene rings is 1. The number of carbonyl (C=O) groups excluding carboxylic acids is 4. The van der Waals surface area contributed by atoms with Crippen LogP contribution in [0.15, 0.2) is 18.2 Å². The molecule has 0 saturated heterocycles. The van der Waals surface area contributed by atoms with Crippen molar-refractivity contribution in [3.8, 4) is 5.75 Å². The molecule has 0 unspecified atom stereocenters. The molecule has 0 aliphatic rings. The van der Waals surface area contributed by atoms with E-state index in [0.29, 0.717) is 9.13 Å². The third-order valence-corrected chi connectivity index (χ3v) is 4.13.